The summed E-state index contributed by atoms with van der Waals surface area (Å²) in [5.74, 6) is 0. The molecule has 0 aliphatic carbocycles. The Morgan fingerprint density at radius 1 is 0.104 bits per heavy atom. The van der Waals surface area contributed by atoms with Crippen LogP contribution in [0.25, 0.3) is 197 Å². The minimum Gasteiger partial charge on any atom is -0.0622 e. The summed E-state index contributed by atoms with van der Waals surface area (Å²) in [5, 5.41) is 22.2. The average molecular weight is 1210 g/mol. The first-order valence-electron chi connectivity index (χ1n) is 33.4. The van der Waals surface area contributed by atoms with Gasteiger partial charge in [0.1, 0.15) is 0 Å². The van der Waals surface area contributed by atoms with Crippen LogP contribution < -0.4 is 0 Å². The number of rotatable bonds is 9. The van der Waals surface area contributed by atoms with E-state index in [-0.39, 0.29) is 0 Å². The van der Waals surface area contributed by atoms with Crippen molar-refractivity contribution >= 4 is 97.0 Å². The van der Waals surface area contributed by atoms with Gasteiger partial charge in [0, 0.05) is 0 Å². The van der Waals surface area contributed by atoms with Crippen LogP contribution >= 0.6 is 0 Å². The highest BCUT2D eigenvalue weighted by Gasteiger charge is 2.28. The van der Waals surface area contributed by atoms with Crippen molar-refractivity contribution in [1.82, 2.24) is 0 Å². The van der Waals surface area contributed by atoms with E-state index in [1.165, 1.54) is 147 Å². The van der Waals surface area contributed by atoms with Gasteiger partial charge >= 0.3 is 0 Å². The Hall–Kier alpha value is -12.5. The maximum atomic E-state index is 2.55. The molecule has 444 valence electrons. The van der Waals surface area contributed by atoms with Crippen LogP contribution in [0.3, 0.4) is 0 Å². The topological polar surface area (TPSA) is 0 Å². The van der Waals surface area contributed by atoms with Crippen molar-refractivity contribution in [3.63, 3.8) is 0 Å². The van der Waals surface area contributed by atoms with E-state index in [1.807, 2.05) is 0 Å². The molecule has 0 spiro atoms. The van der Waals surface area contributed by atoms with Gasteiger partial charge in [-0.2, -0.15) is 0 Å². The van der Waals surface area contributed by atoms with Gasteiger partial charge in [0.15, 0.2) is 0 Å². The fourth-order valence-corrected chi connectivity index (χ4v) is 16.3. The van der Waals surface area contributed by atoms with Crippen molar-refractivity contribution in [3.05, 3.63) is 364 Å². The Balaban J connectivity index is 1.06. The van der Waals surface area contributed by atoms with Crippen molar-refractivity contribution in [2.75, 3.05) is 0 Å². The molecule has 0 unspecified atom stereocenters. The van der Waals surface area contributed by atoms with Gasteiger partial charge in [-0.25, -0.2) is 0 Å². The molecular formula is C96H60. The molecule has 0 nitrogen and oxygen atoms in total. The maximum absolute atomic E-state index is 2.55. The van der Waals surface area contributed by atoms with E-state index in [4.69, 9.17) is 0 Å². The SMILES string of the molecule is c1ccc(-c2cc(-c3cc(-c4cc(-c5ccccc5)c5c6ccccc6c6ccccc6c5c4-c4ccccc4)cc(-c4cc(-c5ccccc5)c5c6ccccc6c6ccccc6c5c4-c4ccccc4)c3)c(-c3ccccc3)c3c4ccccc4c4ccccc4c23)cc1. The van der Waals surface area contributed by atoms with Gasteiger partial charge in [-0.3, -0.25) is 0 Å². The third-order valence-corrected chi connectivity index (χ3v) is 20.3. The lowest BCUT2D eigenvalue weighted by Gasteiger charge is -2.25. The first-order valence-corrected chi connectivity index (χ1v) is 33.4. The van der Waals surface area contributed by atoms with E-state index in [2.05, 4.69) is 364 Å². The molecule has 0 saturated carbocycles. The average Bonchev–Trinajstić information content (AvgIpc) is 0.723. The molecule has 0 heteroatoms. The minimum atomic E-state index is 1.12. The Bertz CT molecular complexity index is 5680. The summed E-state index contributed by atoms with van der Waals surface area (Å²) in [5.41, 5.74) is 20.9. The molecule has 0 radical (unpaired) electrons. The quantitative estimate of drug-likeness (QED) is 0.126. The summed E-state index contributed by atoms with van der Waals surface area (Å²) < 4.78 is 0. The van der Waals surface area contributed by atoms with E-state index in [0.717, 1.165) is 50.1 Å². The summed E-state index contributed by atoms with van der Waals surface area (Å²) in [6, 6.07) is 137. The molecule has 0 aliphatic rings. The van der Waals surface area contributed by atoms with Gasteiger partial charge in [-0.15, -0.1) is 0 Å². The van der Waals surface area contributed by atoms with E-state index in [1.54, 1.807) is 0 Å². The molecule has 0 fully saturated rings. The minimum absolute atomic E-state index is 1.12. The van der Waals surface area contributed by atoms with E-state index < -0.39 is 0 Å². The van der Waals surface area contributed by atoms with Crippen LogP contribution in [-0.2, 0) is 0 Å². The summed E-state index contributed by atoms with van der Waals surface area (Å²) in [6.07, 6.45) is 0. The van der Waals surface area contributed by atoms with Gasteiger partial charge in [0.2, 0.25) is 0 Å². The molecule has 0 aromatic heterocycles. The molecule has 19 aromatic carbocycles. The fourth-order valence-electron chi connectivity index (χ4n) is 16.3. The molecule has 19 rings (SSSR count). The standard InChI is InChI=1S/C96H60/c1-7-31-61(32-8-1)82-58-85(88(64-37-13-4-14-38-64)94-79-52-28-22-46-73(79)70-43-19-25-49-76(70)91(82)94)67-55-68(86-59-83(62-33-9-2-10-34-62)92-77-50-26-20-44-71(77)74-47-23-29-53-80(74)95(92)89(86)65-39-15-5-16-40-65)57-69(56-67)87-60-84(63-35-11-3-12-36-63)93-78-51-27-21-45-72(78)75-48-24-30-54-81(75)96(93)90(87)66-41-17-6-18-42-66/h1-60H. The summed E-state index contributed by atoms with van der Waals surface area (Å²) >= 11 is 0. The van der Waals surface area contributed by atoms with Crippen molar-refractivity contribution in [3.8, 4) is 100 Å². The van der Waals surface area contributed by atoms with Crippen LogP contribution in [0.5, 0.6) is 0 Å². The molecule has 0 saturated heterocycles. The molecule has 19 aromatic rings. The second-order valence-corrected chi connectivity index (χ2v) is 25.6. The summed E-state index contributed by atoms with van der Waals surface area (Å²) in [7, 11) is 0. The zero-order valence-electron chi connectivity index (χ0n) is 52.6. The second kappa shape index (κ2) is 22.7. The summed E-state index contributed by atoms with van der Waals surface area (Å²) in [6.45, 7) is 0. The van der Waals surface area contributed by atoms with Gasteiger partial charge in [0.25, 0.3) is 0 Å². The van der Waals surface area contributed by atoms with Gasteiger partial charge < -0.3 is 0 Å². The van der Waals surface area contributed by atoms with E-state index in [9.17, 15) is 0 Å². The zero-order valence-corrected chi connectivity index (χ0v) is 52.6. The molecule has 0 heterocycles. The predicted molar refractivity (Wildman–Crippen MR) is 413 cm³/mol. The molecular weight excluding hydrogens is 1150 g/mol. The number of hydrogen-bond acceptors (Lipinski definition) is 0. The molecule has 0 atom stereocenters. The lowest BCUT2D eigenvalue weighted by atomic mass is 9.78. The number of fused-ring (bicyclic) bond motifs is 18. The Morgan fingerprint density at radius 2 is 0.271 bits per heavy atom. The first kappa shape index (κ1) is 55.2. The smallest absolute Gasteiger partial charge is 0.000786 e. The Kier molecular flexibility index (Phi) is 13.0. The predicted octanol–water partition coefficient (Wildman–Crippen LogP) is 27.1. The van der Waals surface area contributed by atoms with Crippen molar-refractivity contribution in [2.45, 2.75) is 0 Å². The van der Waals surface area contributed by atoms with Gasteiger partial charge in [0.05, 0.1) is 0 Å². The fraction of sp³-hybridized carbons (Fsp3) is 0. The molecule has 96 heavy (non-hydrogen) atoms. The normalized spacial score (nSPS) is 11.8. The zero-order chi connectivity index (χ0) is 63.2. The highest BCUT2D eigenvalue weighted by atomic mass is 14.3. The van der Waals surface area contributed by atoms with Gasteiger partial charge in [-0.1, -0.05) is 328 Å². The molecule has 0 aliphatic heterocycles. The van der Waals surface area contributed by atoms with Crippen molar-refractivity contribution in [2.24, 2.45) is 0 Å². The third-order valence-electron chi connectivity index (χ3n) is 20.3. The second-order valence-electron chi connectivity index (χ2n) is 25.6. The van der Waals surface area contributed by atoms with Crippen LogP contribution in [0.2, 0.25) is 0 Å². The van der Waals surface area contributed by atoms with Crippen molar-refractivity contribution in [1.29, 1.82) is 0 Å². The monoisotopic (exact) mass is 1210 g/mol. The Morgan fingerprint density at radius 3 is 0.479 bits per heavy atom. The molecule has 0 amide bonds. The van der Waals surface area contributed by atoms with Crippen LogP contribution in [0.4, 0.5) is 0 Å². The highest BCUT2D eigenvalue weighted by Crippen LogP contribution is 2.55. The number of benzene rings is 19. The molecule has 0 N–H and O–H groups in total. The van der Waals surface area contributed by atoms with E-state index in [0.29, 0.717) is 0 Å². The lowest BCUT2D eigenvalue weighted by Crippen LogP contribution is -1.98. The van der Waals surface area contributed by atoms with Crippen LogP contribution in [0.1, 0.15) is 0 Å². The largest absolute Gasteiger partial charge is 0.0622 e. The third kappa shape index (κ3) is 8.77. The Labute approximate surface area is 557 Å². The lowest BCUT2D eigenvalue weighted by molar-refractivity contribution is 1.56. The van der Waals surface area contributed by atoms with E-state index >= 15 is 0 Å². The summed E-state index contributed by atoms with van der Waals surface area (Å²) in [4.78, 5) is 0. The number of hydrogen-bond donors (Lipinski definition) is 0. The van der Waals surface area contributed by atoms with Crippen LogP contribution in [0, 0.1) is 0 Å². The van der Waals surface area contributed by atoms with Crippen molar-refractivity contribution < 1.29 is 0 Å². The molecule has 0 bridgehead atoms. The van der Waals surface area contributed by atoms with Gasteiger partial charge in [-0.05, 0) is 233 Å². The highest BCUT2D eigenvalue weighted by molar-refractivity contribution is 6.36. The first-order chi connectivity index (χ1) is 47.7. The maximum Gasteiger partial charge on any atom is -0.000786 e. The van der Waals surface area contributed by atoms with Crippen LogP contribution in [0.15, 0.2) is 364 Å². The van der Waals surface area contributed by atoms with Crippen LogP contribution in [-0.4, -0.2) is 0 Å².